The van der Waals surface area contributed by atoms with Gasteiger partial charge >= 0.3 is 24.3 Å². The number of hydrogen-bond donors (Lipinski definition) is 2. The molecule has 0 bridgehead atoms. The van der Waals surface area contributed by atoms with Gasteiger partial charge in [-0.3, -0.25) is 14.7 Å². The number of carboxylic acids is 2. The second-order valence-corrected chi connectivity index (χ2v) is 9.34. The highest BCUT2D eigenvalue weighted by molar-refractivity contribution is 5.78. The molecule has 1 aliphatic carbocycles. The van der Waals surface area contributed by atoms with Crippen molar-refractivity contribution in [3.8, 4) is 0 Å². The summed E-state index contributed by atoms with van der Waals surface area (Å²) < 4.78 is 63.5. The molecule has 216 valence electrons. The maximum Gasteiger partial charge on any atom is 0.490 e. The Morgan fingerprint density at radius 3 is 2.00 bits per heavy atom. The summed E-state index contributed by atoms with van der Waals surface area (Å²) in [5.74, 6) is -3.94. The molecule has 1 unspecified atom stereocenters. The van der Waals surface area contributed by atoms with Crippen LogP contribution in [0.3, 0.4) is 0 Å². The Bertz CT molecular complexity index is 890. The molecule has 1 aromatic heterocycles. The van der Waals surface area contributed by atoms with Gasteiger partial charge in [-0.2, -0.15) is 26.3 Å². The predicted octanol–water partition coefficient (Wildman–Crippen LogP) is 2.97. The van der Waals surface area contributed by atoms with Crippen LogP contribution in [0.25, 0.3) is 0 Å². The molecule has 2 heterocycles. The van der Waals surface area contributed by atoms with Crippen molar-refractivity contribution in [2.24, 2.45) is 11.8 Å². The van der Waals surface area contributed by atoms with Gasteiger partial charge in [-0.05, 0) is 57.5 Å². The van der Waals surface area contributed by atoms with E-state index >= 15 is 0 Å². The Kier molecular flexibility index (Phi) is 12.4. The van der Waals surface area contributed by atoms with Gasteiger partial charge in [-0.15, -0.1) is 0 Å². The molecule has 1 saturated heterocycles. The van der Waals surface area contributed by atoms with Gasteiger partial charge in [-0.1, -0.05) is 12.5 Å². The van der Waals surface area contributed by atoms with Gasteiger partial charge in [0.1, 0.15) is 0 Å². The van der Waals surface area contributed by atoms with Crippen LogP contribution in [0.4, 0.5) is 26.3 Å². The zero-order chi connectivity index (χ0) is 29.3. The summed E-state index contributed by atoms with van der Waals surface area (Å²) in [5.41, 5.74) is 1.26. The van der Waals surface area contributed by atoms with Gasteiger partial charge < -0.3 is 20.0 Å². The third kappa shape index (κ3) is 11.2. The van der Waals surface area contributed by atoms with Crippen LogP contribution in [-0.2, 0) is 20.9 Å². The first-order chi connectivity index (χ1) is 17.4. The summed E-state index contributed by atoms with van der Waals surface area (Å²) in [6.45, 7) is 3.34. The molecule has 2 N–H and O–H groups in total. The SMILES string of the molecule is CN(C)CC(=O)N1C[C@H]2CCCC(N(C)Cc3cccnc3)[C@H]2C1.O=C(O)C(F)(F)F.O=C(O)C(F)(F)F. The maximum absolute atomic E-state index is 12.4. The first-order valence-electron chi connectivity index (χ1n) is 11.5. The number of pyridine rings is 1. The summed E-state index contributed by atoms with van der Waals surface area (Å²) in [4.78, 5) is 41.0. The normalized spacial score (nSPS) is 21.1. The molecule has 1 amide bonds. The van der Waals surface area contributed by atoms with Crippen molar-refractivity contribution in [1.29, 1.82) is 0 Å². The Hall–Kier alpha value is -2.94. The average Bonchev–Trinajstić information content (AvgIpc) is 3.23. The number of alkyl halides is 6. The molecule has 1 aromatic rings. The second-order valence-electron chi connectivity index (χ2n) is 9.34. The number of rotatable bonds is 5. The number of likely N-dealkylation sites (N-methyl/N-ethyl adjacent to an activating group) is 1. The first-order valence-corrected chi connectivity index (χ1v) is 11.5. The fourth-order valence-corrected chi connectivity index (χ4v) is 4.46. The van der Waals surface area contributed by atoms with Crippen molar-refractivity contribution < 1.29 is 50.9 Å². The molecule has 38 heavy (non-hydrogen) atoms. The maximum atomic E-state index is 12.4. The van der Waals surface area contributed by atoms with Gasteiger partial charge in [0.15, 0.2) is 0 Å². The van der Waals surface area contributed by atoms with E-state index in [1.807, 2.05) is 37.5 Å². The summed E-state index contributed by atoms with van der Waals surface area (Å²) >= 11 is 0. The number of nitrogens with zero attached hydrogens (tertiary/aromatic N) is 4. The van der Waals surface area contributed by atoms with Crippen LogP contribution >= 0.6 is 0 Å². The minimum atomic E-state index is -5.08. The van der Waals surface area contributed by atoms with E-state index in [2.05, 4.69) is 27.9 Å². The van der Waals surface area contributed by atoms with Crippen LogP contribution in [0.15, 0.2) is 24.5 Å². The van der Waals surface area contributed by atoms with E-state index in [0.717, 1.165) is 19.6 Å². The van der Waals surface area contributed by atoms with Crippen molar-refractivity contribution in [1.82, 2.24) is 19.7 Å². The number of carbonyl (C=O) groups is 3. The van der Waals surface area contributed by atoms with Crippen molar-refractivity contribution in [3.63, 3.8) is 0 Å². The van der Waals surface area contributed by atoms with Crippen LogP contribution in [0.2, 0.25) is 0 Å². The molecule has 0 radical (unpaired) electrons. The molecular weight excluding hydrogens is 526 g/mol. The van der Waals surface area contributed by atoms with E-state index in [1.54, 1.807) is 0 Å². The first kappa shape index (κ1) is 33.1. The van der Waals surface area contributed by atoms with Crippen molar-refractivity contribution in [2.45, 2.75) is 44.2 Å². The highest BCUT2D eigenvalue weighted by Gasteiger charge is 2.43. The Morgan fingerprint density at radius 2 is 1.55 bits per heavy atom. The Labute approximate surface area is 216 Å². The number of halogens is 6. The van der Waals surface area contributed by atoms with Crippen LogP contribution in [-0.4, -0.2) is 107 Å². The summed E-state index contributed by atoms with van der Waals surface area (Å²) in [6, 6.07) is 4.72. The lowest BCUT2D eigenvalue weighted by Gasteiger charge is -2.39. The molecule has 0 aromatic carbocycles. The number of aromatic nitrogens is 1. The molecule has 3 rings (SSSR count). The second kappa shape index (κ2) is 14.3. The van der Waals surface area contributed by atoms with E-state index in [9.17, 15) is 31.1 Å². The average molecular weight is 559 g/mol. The van der Waals surface area contributed by atoms with Crippen molar-refractivity contribution in [3.05, 3.63) is 30.1 Å². The largest absolute Gasteiger partial charge is 0.490 e. The van der Waals surface area contributed by atoms with E-state index in [-0.39, 0.29) is 5.91 Å². The van der Waals surface area contributed by atoms with Gasteiger partial charge in [-0.25, -0.2) is 9.59 Å². The van der Waals surface area contributed by atoms with E-state index < -0.39 is 24.3 Å². The number of carbonyl (C=O) groups excluding carboxylic acids is 1. The third-order valence-electron chi connectivity index (χ3n) is 6.07. The van der Waals surface area contributed by atoms with Gasteiger partial charge in [0.05, 0.1) is 6.54 Å². The topological polar surface area (TPSA) is 114 Å². The van der Waals surface area contributed by atoms with Crippen LogP contribution in [0, 0.1) is 11.8 Å². The molecule has 15 heteroatoms. The van der Waals surface area contributed by atoms with E-state index in [1.165, 1.54) is 24.8 Å². The number of aliphatic carboxylic acids is 2. The van der Waals surface area contributed by atoms with Crippen LogP contribution in [0.5, 0.6) is 0 Å². The number of likely N-dealkylation sites (tertiary alicyclic amines) is 1. The van der Waals surface area contributed by atoms with E-state index in [0.29, 0.717) is 24.4 Å². The number of amides is 1. The highest BCUT2D eigenvalue weighted by atomic mass is 19.4. The van der Waals surface area contributed by atoms with Crippen LogP contribution in [0.1, 0.15) is 24.8 Å². The zero-order valence-electron chi connectivity index (χ0n) is 21.2. The molecule has 2 aliphatic rings. The molecular formula is C23H32F6N4O5. The van der Waals surface area contributed by atoms with Gasteiger partial charge in [0.2, 0.25) is 5.91 Å². The Morgan fingerprint density at radius 1 is 1.00 bits per heavy atom. The fourth-order valence-electron chi connectivity index (χ4n) is 4.46. The lowest BCUT2D eigenvalue weighted by Crippen LogP contribution is -2.43. The number of carboxylic acid groups (broad SMARTS) is 2. The number of fused-ring (bicyclic) bond motifs is 1. The van der Waals surface area contributed by atoms with Gasteiger partial charge in [0, 0.05) is 38.1 Å². The molecule has 1 aliphatic heterocycles. The summed E-state index contributed by atoms with van der Waals surface area (Å²) in [6.07, 6.45) is -2.59. The quantitative estimate of drug-likeness (QED) is 0.531. The van der Waals surface area contributed by atoms with Crippen molar-refractivity contribution in [2.75, 3.05) is 40.8 Å². The predicted molar refractivity (Wildman–Crippen MR) is 123 cm³/mol. The molecule has 1 saturated carbocycles. The molecule has 0 spiro atoms. The minimum absolute atomic E-state index is 0.281. The van der Waals surface area contributed by atoms with E-state index in [4.69, 9.17) is 19.8 Å². The number of hydrogen-bond acceptors (Lipinski definition) is 6. The molecule has 3 atom stereocenters. The summed E-state index contributed by atoms with van der Waals surface area (Å²) in [7, 11) is 6.15. The lowest BCUT2D eigenvalue weighted by atomic mass is 9.77. The third-order valence-corrected chi connectivity index (χ3v) is 6.07. The molecule has 9 nitrogen and oxygen atoms in total. The summed E-state index contributed by atoms with van der Waals surface area (Å²) in [5, 5.41) is 14.2. The van der Waals surface area contributed by atoms with Crippen molar-refractivity contribution >= 4 is 17.8 Å². The smallest absolute Gasteiger partial charge is 0.475 e. The lowest BCUT2D eigenvalue weighted by molar-refractivity contribution is -0.193. The Balaban J connectivity index is 0.000000426. The fraction of sp³-hybridized carbons (Fsp3) is 0.652. The monoisotopic (exact) mass is 558 g/mol. The van der Waals surface area contributed by atoms with Gasteiger partial charge in [0.25, 0.3) is 0 Å². The van der Waals surface area contributed by atoms with Crippen LogP contribution < -0.4 is 0 Å². The highest BCUT2D eigenvalue weighted by Crippen LogP contribution is 2.38. The standard InChI is InChI=1S/C19H30N4O.2C2HF3O2/c1-21(2)14-19(24)23-12-16-7-4-8-18(17(16)13-23)22(3)11-15-6-5-9-20-10-15;2*3-2(4,5)1(6)7/h5-6,9-10,16-18H,4,7-8,11-14H2,1-3H3;2*(H,6,7)/t16-,17+,18?;;/m1../s1. The zero-order valence-corrected chi connectivity index (χ0v) is 21.2. The molecule has 2 fully saturated rings. The minimum Gasteiger partial charge on any atom is -0.475 e.